The molecule has 1 fully saturated rings. The number of fused-ring (bicyclic) bond motifs is 3. The van der Waals surface area contributed by atoms with E-state index < -0.39 is 11.2 Å². The minimum absolute atomic E-state index is 0.234. The molecule has 1 atom stereocenters. The van der Waals surface area contributed by atoms with E-state index in [1.807, 2.05) is 47.4 Å². The van der Waals surface area contributed by atoms with Gasteiger partial charge in [-0.05, 0) is 29.3 Å². The average molecular weight is 423 g/mol. The molecule has 2 aromatic rings. The Morgan fingerprint density at radius 3 is 2.53 bits per heavy atom. The van der Waals surface area contributed by atoms with Crippen molar-refractivity contribution in [2.45, 2.75) is 36.9 Å². The van der Waals surface area contributed by atoms with Crippen LogP contribution in [-0.4, -0.2) is 41.5 Å². The van der Waals surface area contributed by atoms with Crippen molar-refractivity contribution in [3.63, 3.8) is 0 Å². The Morgan fingerprint density at radius 2 is 1.70 bits per heavy atom. The summed E-state index contributed by atoms with van der Waals surface area (Å²) in [5.74, 6) is -0.493. The van der Waals surface area contributed by atoms with E-state index in [1.54, 1.807) is 0 Å². The van der Waals surface area contributed by atoms with Crippen LogP contribution in [0, 0.1) is 0 Å². The third-order valence-corrected chi connectivity index (χ3v) is 7.00. The Balaban J connectivity index is 1.20. The zero-order valence-corrected chi connectivity index (χ0v) is 16.9. The number of esters is 1. The molecule has 2 aromatic carbocycles. The van der Waals surface area contributed by atoms with E-state index in [-0.39, 0.29) is 11.9 Å². The number of rotatable bonds is 0. The number of carbonyl (C=O) groups excluding carboxylic acids is 2. The lowest BCUT2D eigenvalue weighted by molar-refractivity contribution is -0.130. The van der Waals surface area contributed by atoms with E-state index >= 15 is 0 Å². The fourth-order valence-corrected chi connectivity index (χ4v) is 5.37. The summed E-state index contributed by atoms with van der Waals surface area (Å²) in [5.41, 5.74) is 2.18. The first-order valence-electron chi connectivity index (χ1n) is 10.2. The van der Waals surface area contributed by atoms with Crippen molar-refractivity contribution in [1.82, 2.24) is 4.90 Å². The van der Waals surface area contributed by atoms with Crippen molar-refractivity contribution in [3.8, 4) is 0 Å². The second-order valence-corrected chi connectivity index (χ2v) is 8.92. The molecule has 1 saturated heterocycles. The van der Waals surface area contributed by atoms with Crippen LogP contribution in [-0.2, 0) is 32.7 Å². The Morgan fingerprint density at radius 1 is 0.933 bits per heavy atom. The van der Waals surface area contributed by atoms with Gasteiger partial charge in [0.1, 0.15) is 5.60 Å². The van der Waals surface area contributed by atoms with Crippen molar-refractivity contribution in [3.05, 3.63) is 69.7 Å². The molecular weight excluding hydrogens is 404 g/mol. The third kappa shape index (κ3) is 2.46. The zero-order chi connectivity index (χ0) is 20.5. The molecule has 0 aromatic heterocycles. The van der Waals surface area contributed by atoms with E-state index in [0.717, 1.165) is 16.7 Å². The number of likely N-dealkylation sites (tertiary alicyclic amines) is 1. The van der Waals surface area contributed by atoms with Crippen molar-refractivity contribution in [2.24, 2.45) is 4.99 Å². The van der Waals surface area contributed by atoms with Crippen molar-refractivity contribution >= 4 is 29.5 Å². The van der Waals surface area contributed by atoms with Crippen molar-refractivity contribution in [2.75, 3.05) is 13.1 Å². The third-order valence-electron chi connectivity index (χ3n) is 6.76. The highest BCUT2D eigenvalue weighted by atomic mass is 35.5. The van der Waals surface area contributed by atoms with Gasteiger partial charge in [0.15, 0.2) is 0 Å². The van der Waals surface area contributed by atoms with Crippen LogP contribution in [0.2, 0.25) is 5.02 Å². The van der Waals surface area contributed by atoms with Gasteiger partial charge in [-0.3, -0.25) is 4.79 Å². The van der Waals surface area contributed by atoms with Gasteiger partial charge >= 0.3 is 5.97 Å². The number of piperidine rings is 1. The van der Waals surface area contributed by atoms with E-state index in [4.69, 9.17) is 21.1 Å². The summed E-state index contributed by atoms with van der Waals surface area (Å²) in [6.07, 6.45) is 2.26. The summed E-state index contributed by atoms with van der Waals surface area (Å²) < 4.78 is 12.0. The molecule has 3 aliphatic heterocycles. The number of carbonyl (C=O) groups is 2. The highest BCUT2D eigenvalue weighted by Crippen LogP contribution is 2.45. The number of hydrogen-bond donors (Lipinski definition) is 0. The molecule has 7 heteroatoms. The van der Waals surface area contributed by atoms with Crippen LogP contribution in [0.1, 0.15) is 39.9 Å². The molecule has 6 nitrogen and oxygen atoms in total. The predicted molar refractivity (Wildman–Crippen MR) is 109 cm³/mol. The maximum absolute atomic E-state index is 12.8. The van der Waals surface area contributed by atoms with Crippen LogP contribution in [0.4, 0.5) is 0 Å². The van der Waals surface area contributed by atoms with Gasteiger partial charge in [0, 0.05) is 49.4 Å². The van der Waals surface area contributed by atoms with E-state index in [1.165, 1.54) is 0 Å². The molecule has 0 bridgehead atoms. The van der Waals surface area contributed by atoms with E-state index in [0.29, 0.717) is 55.4 Å². The minimum atomic E-state index is -0.954. The number of benzene rings is 2. The van der Waals surface area contributed by atoms with E-state index in [2.05, 4.69) is 4.99 Å². The number of halogens is 1. The number of ether oxygens (including phenoxy) is 2. The molecule has 0 N–H and O–H groups in total. The van der Waals surface area contributed by atoms with E-state index in [9.17, 15) is 9.59 Å². The molecule has 0 saturated carbocycles. The quantitative estimate of drug-likeness (QED) is 0.609. The number of aliphatic imine (C=N–C) groups is 1. The molecular formula is C23H19ClN2O4. The van der Waals surface area contributed by atoms with Gasteiger partial charge in [0.2, 0.25) is 5.60 Å². The van der Waals surface area contributed by atoms with Crippen molar-refractivity contribution in [1.29, 1.82) is 0 Å². The molecule has 1 unspecified atom stereocenters. The molecule has 1 aliphatic carbocycles. The highest BCUT2D eigenvalue weighted by Gasteiger charge is 2.53. The molecule has 1 amide bonds. The molecule has 3 heterocycles. The second kappa shape index (κ2) is 6.08. The maximum Gasteiger partial charge on any atom is 0.339 e. The predicted octanol–water partition coefficient (Wildman–Crippen LogP) is 3.25. The summed E-state index contributed by atoms with van der Waals surface area (Å²) in [6, 6.07) is 13.7. The number of hydrogen-bond acceptors (Lipinski definition) is 5. The molecule has 0 radical (unpaired) electrons. The first-order chi connectivity index (χ1) is 14.5. The lowest BCUT2D eigenvalue weighted by Gasteiger charge is -2.39. The minimum Gasteiger partial charge on any atom is -0.450 e. The summed E-state index contributed by atoms with van der Waals surface area (Å²) in [6.45, 7) is 1.20. The summed E-state index contributed by atoms with van der Waals surface area (Å²) in [4.78, 5) is 31.4. The van der Waals surface area contributed by atoms with Crippen LogP contribution >= 0.6 is 11.6 Å². The average Bonchev–Trinajstić information content (AvgIpc) is 3.35. The lowest BCUT2D eigenvalue weighted by atomic mass is 9.84. The standard InChI is InChI=1S/C23H19ClN2O4/c24-16-6-5-14-12-23(13-15(14)11-16)20(28)25-21(30-23)26-9-7-22(8-10-26)18-4-2-1-3-17(18)19(27)29-22/h1-6,11H,7-10,12-13H2. The van der Waals surface area contributed by atoms with Gasteiger partial charge in [-0.15, -0.1) is 0 Å². The van der Waals surface area contributed by atoms with Gasteiger partial charge in [-0.1, -0.05) is 35.9 Å². The molecule has 4 aliphatic rings. The van der Waals surface area contributed by atoms with Crippen LogP contribution in [0.25, 0.3) is 0 Å². The van der Waals surface area contributed by atoms with Crippen LogP contribution in [0.15, 0.2) is 47.5 Å². The van der Waals surface area contributed by atoms with Crippen LogP contribution in [0.5, 0.6) is 0 Å². The lowest BCUT2D eigenvalue weighted by Crippen LogP contribution is -2.47. The monoisotopic (exact) mass is 422 g/mol. The topological polar surface area (TPSA) is 68.2 Å². The van der Waals surface area contributed by atoms with Crippen molar-refractivity contribution < 1.29 is 19.1 Å². The number of nitrogens with zero attached hydrogens (tertiary/aromatic N) is 2. The first kappa shape index (κ1) is 18.0. The summed E-state index contributed by atoms with van der Waals surface area (Å²) in [7, 11) is 0. The number of amides is 1. The fraction of sp³-hybridized carbons (Fsp3) is 0.348. The smallest absolute Gasteiger partial charge is 0.339 e. The second-order valence-electron chi connectivity index (χ2n) is 8.48. The molecule has 30 heavy (non-hydrogen) atoms. The Labute approximate surface area is 178 Å². The molecule has 2 spiro atoms. The maximum atomic E-state index is 12.8. The van der Waals surface area contributed by atoms with Crippen LogP contribution < -0.4 is 0 Å². The van der Waals surface area contributed by atoms with Gasteiger partial charge in [0.25, 0.3) is 11.9 Å². The fourth-order valence-electron chi connectivity index (χ4n) is 5.17. The Kier molecular flexibility index (Phi) is 3.64. The molecule has 152 valence electrons. The molecule has 6 rings (SSSR count). The number of amidine groups is 1. The SMILES string of the molecule is O=C1OC2(CCN(C3=NC(=O)C4(Cc5ccc(Cl)cc5C4)O3)CC2)c2ccccc21. The summed E-state index contributed by atoms with van der Waals surface area (Å²) >= 11 is 6.11. The zero-order valence-electron chi connectivity index (χ0n) is 16.2. The van der Waals surface area contributed by atoms with Gasteiger partial charge in [0.05, 0.1) is 5.56 Å². The van der Waals surface area contributed by atoms with Crippen LogP contribution in [0.3, 0.4) is 0 Å². The van der Waals surface area contributed by atoms with Gasteiger partial charge in [-0.25, -0.2) is 4.79 Å². The first-order valence-corrected chi connectivity index (χ1v) is 10.5. The Hall–Kier alpha value is -2.86. The van der Waals surface area contributed by atoms with Gasteiger partial charge < -0.3 is 14.4 Å². The Bertz CT molecular complexity index is 1140. The summed E-state index contributed by atoms with van der Waals surface area (Å²) in [5, 5.41) is 0.658. The van der Waals surface area contributed by atoms with Gasteiger partial charge in [-0.2, -0.15) is 4.99 Å². The highest BCUT2D eigenvalue weighted by molar-refractivity contribution is 6.30. The largest absolute Gasteiger partial charge is 0.450 e. The normalized spacial score (nSPS) is 25.9.